The first-order chi connectivity index (χ1) is 4.31. The zero-order chi connectivity index (χ0) is 7.11. The Bertz CT molecular complexity index is 132. The van der Waals surface area contributed by atoms with E-state index in [4.69, 9.17) is 10.00 Å². The Labute approximate surface area is 55.7 Å². The van der Waals surface area contributed by atoms with Gasteiger partial charge in [-0.05, 0) is 19.4 Å². The van der Waals surface area contributed by atoms with Crippen LogP contribution in [0.15, 0.2) is 11.6 Å². The average Bonchev–Trinajstić information content (AvgIpc) is 1.85. The van der Waals surface area contributed by atoms with Crippen LogP contribution in [0.5, 0.6) is 0 Å². The maximum atomic E-state index is 8.15. The van der Waals surface area contributed by atoms with Crippen molar-refractivity contribution in [1.82, 2.24) is 0 Å². The first-order valence-corrected chi connectivity index (χ1v) is 2.94. The molecule has 0 saturated heterocycles. The largest absolute Gasteiger partial charge is 0.377 e. The van der Waals surface area contributed by atoms with Crippen LogP contribution < -0.4 is 0 Å². The summed E-state index contributed by atoms with van der Waals surface area (Å²) in [6.45, 7) is 5.08. The van der Waals surface area contributed by atoms with Crippen LogP contribution in [-0.4, -0.2) is 13.2 Å². The molecule has 0 aliphatic carbocycles. The van der Waals surface area contributed by atoms with Gasteiger partial charge < -0.3 is 4.74 Å². The lowest BCUT2D eigenvalue weighted by Crippen LogP contribution is -1.93. The summed E-state index contributed by atoms with van der Waals surface area (Å²) < 4.78 is 5.03. The van der Waals surface area contributed by atoms with Gasteiger partial charge in [0.25, 0.3) is 0 Å². The molecule has 0 unspecified atom stereocenters. The molecule has 0 heterocycles. The van der Waals surface area contributed by atoms with Gasteiger partial charge in [0, 0.05) is 12.7 Å². The SMILES string of the molecule is CCOCC(C)=CC#N. The molecule has 0 aliphatic rings. The molecular weight excluding hydrogens is 114 g/mol. The van der Waals surface area contributed by atoms with Crippen LogP contribution >= 0.6 is 0 Å². The molecule has 0 aromatic carbocycles. The van der Waals surface area contributed by atoms with Gasteiger partial charge in [-0.2, -0.15) is 5.26 Å². The minimum Gasteiger partial charge on any atom is -0.377 e. The Kier molecular flexibility index (Phi) is 4.85. The molecule has 2 nitrogen and oxygen atoms in total. The fourth-order valence-corrected chi connectivity index (χ4v) is 0.415. The Hall–Kier alpha value is -0.810. The maximum absolute atomic E-state index is 8.15. The molecule has 0 saturated carbocycles. The van der Waals surface area contributed by atoms with E-state index in [1.54, 1.807) is 0 Å². The standard InChI is InChI=1S/C7H11NO/c1-3-9-6-7(2)4-5-8/h4H,3,6H2,1-2H3. The monoisotopic (exact) mass is 125 g/mol. The van der Waals surface area contributed by atoms with E-state index in [9.17, 15) is 0 Å². The van der Waals surface area contributed by atoms with E-state index in [1.807, 2.05) is 19.9 Å². The van der Waals surface area contributed by atoms with Crippen molar-refractivity contribution in [3.8, 4) is 6.07 Å². The van der Waals surface area contributed by atoms with Gasteiger partial charge in [0.15, 0.2) is 0 Å². The highest BCUT2D eigenvalue weighted by Gasteiger charge is 1.85. The van der Waals surface area contributed by atoms with Crippen molar-refractivity contribution < 1.29 is 4.74 Å². The summed E-state index contributed by atoms with van der Waals surface area (Å²) >= 11 is 0. The number of hydrogen-bond donors (Lipinski definition) is 0. The van der Waals surface area contributed by atoms with Gasteiger partial charge in [0.1, 0.15) is 0 Å². The Morgan fingerprint density at radius 3 is 2.89 bits per heavy atom. The van der Waals surface area contributed by atoms with E-state index in [2.05, 4.69) is 0 Å². The zero-order valence-electron chi connectivity index (χ0n) is 5.85. The third-order valence-electron chi connectivity index (χ3n) is 0.845. The molecule has 2 heteroatoms. The van der Waals surface area contributed by atoms with Gasteiger partial charge in [-0.1, -0.05) is 0 Å². The van der Waals surface area contributed by atoms with Crippen LogP contribution in [0.25, 0.3) is 0 Å². The summed E-state index contributed by atoms with van der Waals surface area (Å²) in [5.74, 6) is 0. The van der Waals surface area contributed by atoms with Crippen molar-refractivity contribution in [3.63, 3.8) is 0 Å². The second-order valence-electron chi connectivity index (χ2n) is 1.76. The molecule has 50 valence electrons. The highest BCUT2D eigenvalue weighted by atomic mass is 16.5. The number of allylic oxidation sites excluding steroid dienone is 1. The van der Waals surface area contributed by atoms with Crippen molar-refractivity contribution in [1.29, 1.82) is 5.26 Å². The second kappa shape index (κ2) is 5.33. The second-order valence-corrected chi connectivity index (χ2v) is 1.76. The molecule has 0 fully saturated rings. The van der Waals surface area contributed by atoms with E-state index in [0.717, 1.165) is 5.57 Å². The van der Waals surface area contributed by atoms with Gasteiger partial charge in [-0.3, -0.25) is 0 Å². The van der Waals surface area contributed by atoms with E-state index >= 15 is 0 Å². The Morgan fingerprint density at radius 1 is 1.78 bits per heavy atom. The normalized spacial score (nSPS) is 11.0. The van der Waals surface area contributed by atoms with Crippen LogP contribution in [0.4, 0.5) is 0 Å². The lowest BCUT2D eigenvalue weighted by atomic mass is 10.3. The minimum absolute atomic E-state index is 0.573. The van der Waals surface area contributed by atoms with Crippen LogP contribution in [0, 0.1) is 11.3 Å². The number of hydrogen-bond acceptors (Lipinski definition) is 2. The van der Waals surface area contributed by atoms with Crippen molar-refractivity contribution in [3.05, 3.63) is 11.6 Å². The molecule has 0 spiro atoms. The predicted octanol–water partition coefficient (Wildman–Crippen LogP) is 1.49. The third kappa shape index (κ3) is 5.05. The van der Waals surface area contributed by atoms with Crippen LogP contribution in [0.1, 0.15) is 13.8 Å². The Balaban J connectivity index is 3.40. The fourth-order valence-electron chi connectivity index (χ4n) is 0.415. The van der Waals surface area contributed by atoms with Crippen LogP contribution in [0.2, 0.25) is 0 Å². The van der Waals surface area contributed by atoms with Gasteiger partial charge >= 0.3 is 0 Å². The summed E-state index contributed by atoms with van der Waals surface area (Å²) in [6, 6.07) is 1.93. The number of nitriles is 1. The van der Waals surface area contributed by atoms with Gasteiger partial charge in [-0.15, -0.1) is 0 Å². The predicted molar refractivity (Wildman–Crippen MR) is 35.9 cm³/mol. The molecule has 0 aromatic heterocycles. The highest BCUT2D eigenvalue weighted by molar-refractivity contribution is 5.11. The van der Waals surface area contributed by atoms with E-state index in [0.29, 0.717) is 13.2 Å². The third-order valence-corrected chi connectivity index (χ3v) is 0.845. The molecule has 0 radical (unpaired) electrons. The van der Waals surface area contributed by atoms with E-state index in [-0.39, 0.29) is 0 Å². The summed E-state index contributed by atoms with van der Waals surface area (Å²) in [4.78, 5) is 0. The molecular formula is C7H11NO. The minimum atomic E-state index is 0.573. The van der Waals surface area contributed by atoms with E-state index < -0.39 is 0 Å². The van der Waals surface area contributed by atoms with E-state index in [1.165, 1.54) is 6.08 Å². The average molecular weight is 125 g/mol. The number of ether oxygens (including phenoxy) is 1. The molecule has 0 aromatic rings. The lowest BCUT2D eigenvalue weighted by molar-refractivity contribution is 0.171. The van der Waals surface area contributed by atoms with Crippen molar-refractivity contribution in [2.24, 2.45) is 0 Å². The van der Waals surface area contributed by atoms with Gasteiger partial charge in [-0.25, -0.2) is 0 Å². The quantitative estimate of drug-likeness (QED) is 0.535. The van der Waals surface area contributed by atoms with Crippen molar-refractivity contribution >= 4 is 0 Å². The molecule has 0 amide bonds. The highest BCUT2D eigenvalue weighted by Crippen LogP contribution is 1.90. The first kappa shape index (κ1) is 8.19. The lowest BCUT2D eigenvalue weighted by Gasteiger charge is -1.96. The van der Waals surface area contributed by atoms with Crippen LogP contribution in [0.3, 0.4) is 0 Å². The fraction of sp³-hybridized carbons (Fsp3) is 0.571. The molecule has 0 atom stereocenters. The first-order valence-electron chi connectivity index (χ1n) is 2.94. The molecule has 0 bridgehead atoms. The topological polar surface area (TPSA) is 33.0 Å². The summed E-state index contributed by atoms with van der Waals surface area (Å²) in [5, 5.41) is 8.15. The number of rotatable bonds is 3. The van der Waals surface area contributed by atoms with Crippen molar-refractivity contribution in [2.75, 3.05) is 13.2 Å². The summed E-state index contributed by atoms with van der Waals surface area (Å²) in [6.07, 6.45) is 1.50. The summed E-state index contributed by atoms with van der Waals surface area (Å²) in [5.41, 5.74) is 0.972. The summed E-state index contributed by atoms with van der Waals surface area (Å²) in [7, 11) is 0. The van der Waals surface area contributed by atoms with Crippen molar-refractivity contribution in [2.45, 2.75) is 13.8 Å². The molecule has 0 aliphatic heterocycles. The molecule has 0 N–H and O–H groups in total. The van der Waals surface area contributed by atoms with Gasteiger partial charge in [0.05, 0.1) is 12.7 Å². The smallest absolute Gasteiger partial charge is 0.0912 e. The zero-order valence-corrected chi connectivity index (χ0v) is 5.85. The Morgan fingerprint density at radius 2 is 2.44 bits per heavy atom. The molecule has 0 rings (SSSR count). The van der Waals surface area contributed by atoms with Gasteiger partial charge in [0.2, 0.25) is 0 Å². The number of nitrogens with zero attached hydrogens (tertiary/aromatic N) is 1. The molecule has 9 heavy (non-hydrogen) atoms. The maximum Gasteiger partial charge on any atom is 0.0912 e. The van der Waals surface area contributed by atoms with Crippen LogP contribution in [-0.2, 0) is 4.74 Å².